The summed E-state index contributed by atoms with van der Waals surface area (Å²) in [6.07, 6.45) is 6.14. The zero-order chi connectivity index (χ0) is 19.1. The van der Waals surface area contributed by atoms with Crippen molar-refractivity contribution in [3.05, 3.63) is 52.6 Å². The van der Waals surface area contributed by atoms with Crippen LogP contribution in [0.25, 0.3) is 0 Å². The quantitative estimate of drug-likeness (QED) is 0.463. The molecule has 1 aromatic rings. The molecular weight excluding hydrogens is 328 g/mol. The number of fused-ring (bicyclic) bond motifs is 1. The highest BCUT2D eigenvalue weighted by atomic mass is 16.5. The number of carbonyl (C=O) groups is 3. The van der Waals surface area contributed by atoms with Gasteiger partial charge in [0.1, 0.15) is 11.7 Å². The molecule has 0 radical (unpaired) electrons. The van der Waals surface area contributed by atoms with Gasteiger partial charge in [0.25, 0.3) is 0 Å². The standard InChI is InChI=1S/C22H24O4/c1-5-22(3,4)14-10-11-18(26-13(2)23)17(12-14)19-20(24)15-8-6-7-9-16(15)21(19)25/h8-12,19H,5-7H2,1-4H3. The van der Waals surface area contributed by atoms with Gasteiger partial charge in [-0.15, -0.1) is 0 Å². The number of Topliss-reactive ketones (excluding diaryl/α,β-unsaturated/α-hetero) is 2. The van der Waals surface area contributed by atoms with Crippen LogP contribution in [-0.2, 0) is 19.8 Å². The Morgan fingerprint density at radius 2 is 1.69 bits per heavy atom. The number of allylic oxidation sites excluding steroid dienone is 4. The van der Waals surface area contributed by atoms with Crippen molar-refractivity contribution in [2.45, 2.75) is 58.3 Å². The van der Waals surface area contributed by atoms with Crippen LogP contribution in [0.3, 0.4) is 0 Å². The summed E-state index contributed by atoms with van der Waals surface area (Å²) in [5.74, 6) is -1.49. The number of rotatable bonds is 4. The molecule has 136 valence electrons. The van der Waals surface area contributed by atoms with Crippen LogP contribution < -0.4 is 4.74 Å². The largest absolute Gasteiger partial charge is 0.426 e. The third kappa shape index (κ3) is 3.05. The molecule has 2 aliphatic rings. The summed E-state index contributed by atoms with van der Waals surface area (Å²) >= 11 is 0. The van der Waals surface area contributed by atoms with Crippen LogP contribution >= 0.6 is 0 Å². The van der Waals surface area contributed by atoms with E-state index in [2.05, 4.69) is 20.8 Å². The van der Waals surface area contributed by atoms with Crippen molar-refractivity contribution >= 4 is 17.5 Å². The average molecular weight is 352 g/mol. The summed E-state index contributed by atoms with van der Waals surface area (Å²) in [6.45, 7) is 7.63. The number of ether oxygens (including phenoxy) is 1. The van der Waals surface area contributed by atoms with Gasteiger partial charge in [-0.2, -0.15) is 0 Å². The van der Waals surface area contributed by atoms with Crippen molar-refractivity contribution < 1.29 is 19.1 Å². The molecule has 0 aromatic heterocycles. The summed E-state index contributed by atoms with van der Waals surface area (Å²) < 4.78 is 5.33. The molecule has 1 saturated carbocycles. The Kier molecular flexibility index (Phi) is 4.70. The van der Waals surface area contributed by atoms with Crippen LogP contribution in [-0.4, -0.2) is 17.5 Å². The van der Waals surface area contributed by atoms with Gasteiger partial charge in [0.2, 0.25) is 0 Å². The molecular formula is C22H24O4. The molecule has 0 heterocycles. The molecule has 0 saturated heterocycles. The van der Waals surface area contributed by atoms with E-state index in [4.69, 9.17) is 4.74 Å². The average Bonchev–Trinajstić information content (AvgIpc) is 2.86. The Labute approximate surface area is 153 Å². The first-order chi connectivity index (χ1) is 12.3. The van der Waals surface area contributed by atoms with E-state index in [0.29, 0.717) is 22.5 Å². The van der Waals surface area contributed by atoms with Crippen LogP contribution in [0.15, 0.2) is 41.5 Å². The van der Waals surface area contributed by atoms with Crippen molar-refractivity contribution in [3.8, 4) is 5.75 Å². The maximum atomic E-state index is 12.9. The van der Waals surface area contributed by atoms with Crippen LogP contribution in [0.5, 0.6) is 5.75 Å². The number of hydrogen-bond acceptors (Lipinski definition) is 4. The second kappa shape index (κ2) is 6.67. The highest BCUT2D eigenvalue weighted by molar-refractivity contribution is 6.32. The van der Waals surface area contributed by atoms with E-state index in [1.54, 1.807) is 6.07 Å². The molecule has 0 amide bonds. The number of esters is 1. The van der Waals surface area contributed by atoms with E-state index in [0.717, 1.165) is 24.8 Å². The second-order valence-corrected chi connectivity index (χ2v) is 7.56. The summed E-state index contributed by atoms with van der Waals surface area (Å²) in [5.41, 5.74) is 2.43. The van der Waals surface area contributed by atoms with Crippen molar-refractivity contribution in [2.75, 3.05) is 0 Å². The fourth-order valence-corrected chi connectivity index (χ4v) is 3.50. The zero-order valence-corrected chi connectivity index (χ0v) is 15.7. The van der Waals surface area contributed by atoms with Crippen LogP contribution in [0.4, 0.5) is 0 Å². The summed E-state index contributed by atoms with van der Waals surface area (Å²) in [5, 5.41) is 0. The van der Waals surface area contributed by atoms with Gasteiger partial charge in [0.05, 0.1) is 0 Å². The van der Waals surface area contributed by atoms with Crippen LogP contribution in [0.1, 0.15) is 64.0 Å². The lowest BCUT2D eigenvalue weighted by atomic mass is 9.80. The molecule has 26 heavy (non-hydrogen) atoms. The molecule has 0 aliphatic heterocycles. The minimum absolute atomic E-state index is 0.112. The van der Waals surface area contributed by atoms with Gasteiger partial charge in [-0.1, -0.05) is 45.1 Å². The molecule has 1 fully saturated rings. The zero-order valence-electron chi connectivity index (χ0n) is 15.7. The molecule has 4 nitrogen and oxygen atoms in total. The molecule has 0 spiro atoms. The molecule has 0 bridgehead atoms. The predicted octanol–water partition coefficient (Wildman–Crippen LogP) is 4.18. The highest BCUT2D eigenvalue weighted by Crippen LogP contribution is 2.43. The van der Waals surface area contributed by atoms with Gasteiger partial charge in [-0.25, -0.2) is 0 Å². The SMILES string of the molecule is CCC(C)(C)c1ccc(OC(C)=O)c(C2C(=O)C3=CCCC=C3C2=O)c1. The molecule has 3 rings (SSSR count). The van der Waals surface area contributed by atoms with E-state index in [-0.39, 0.29) is 17.0 Å². The Morgan fingerprint density at radius 1 is 1.12 bits per heavy atom. The van der Waals surface area contributed by atoms with E-state index in [9.17, 15) is 14.4 Å². The van der Waals surface area contributed by atoms with Crippen LogP contribution in [0.2, 0.25) is 0 Å². The number of ketones is 2. The van der Waals surface area contributed by atoms with Crippen molar-refractivity contribution in [2.24, 2.45) is 0 Å². The lowest BCUT2D eigenvalue weighted by Gasteiger charge is -2.25. The Morgan fingerprint density at radius 3 is 2.19 bits per heavy atom. The molecule has 1 aromatic carbocycles. The normalized spacial score (nSPS) is 17.7. The summed E-state index contributed by atoms with van der Waals surface area (Å²) in [7, 11) is 0. The first kappa shape index (κ1) is 18.3. The van der Waals surface area contributed by atoms with Gasteiger partial charge in [0, 0.05) is 23.6 Å². The Bertz CT molecular complexity index is 823. The first-order valence-electron chi connectivity index (χ1n) is 9.08. The maximum Gasteiger partial charge on any atom is 0.308 e. The highest BCUT2D eigenvalue weighted by Gasteiger charge is 2.44. The Hall–Kier alpha value is -2.49. The van der Waals surface area contributed by atoms with Crippen LogP contribution in [0, 0.1) is 0 Å². The first-order valence-corrected chi connectivity index (χ1v) is 9.08. The Balaban J connectivity index is 2.15. The fourth-order valence-electron chi connectivity index (χ4n) is 3.50. The van der Waals surface area contributed by atoms with Crippen molar-refractivity contribution in [3.63, 3.8) is 0 Å². The third-order valence-corrected chi connectivity index (χ3v) is 5.45. The van der Waals surface area contributed by atoms with Gasteiger partial charge in [-0.05, 0) is 36.3 Å². The van der Waals surface area contributed by atoms with E-state index >= 15 is 0 Å². The number of benzene rings is 1. The van der Waals surface area contributed by atoms with Gasteiger partial charge >= 0.3 is 5.97 Å². The predicted molar refractivity (Wildman–Crippen MR) is 99.2 cm³/mol. The van der Waals surface area contributed by atoms with Gasteiger partial charge < -0.3 is 4.74 Å². The van der Waals surface area contributed by atoms with E-state index in [1.807, 2.05) is 24.3 Å². The lowest BCUT2D eigenvalue weighted by Crippen LogP contribution is -2.19. The summed E-state index contributed by atoms with van der Waals surface area (Å²) in [6, 6.07) is 5.47. The second-order valence-electron chi connectivity index (χ2n) is 7.56. The molecule has 0 N–H and O–H groups in total. The molecule has 4 heteroatoms. The molecule has 0 unspecified atom stereocenters. The molecule has 0 atom stereocenters. The summed E-state index contributed by atoms with van der Waals surface area (Å²) in [4.78, 5) is 37.4. The fraction of sp³-hybridized carbons (Fsp3) is 0.409. The van der Waals surface area contributed by atoms with Crippen molar-refractivity contribution in [1.29, 1.82) is 0 Å². The van der Waals surface area contributed by atoms with E-state index in [1.165, 1.54) is 6.92 Å². The maximum absolute atomic E-state index is 12.9. The monoisotopic (exact) mass is 352 g/mol. The lowest BCUT2D eigenvalue weighted by molar-refractivity contribution is -0.132. The molecule has 2 aliphatic carbocycles. The van der Waals surface area contributed by atoms with Crippen molar-refractivity contribution in [1.82, 2.24) is 0 Å². The minimum Gasteiger partial charge on any atom is -0.426 e. The number of hydrogen-bond donors (Lipinski definition) is 0. The smallest absolute Gasteiger partial charge is 0.308 e. The number of carbonyl (C=O) groups excluding carboxylic acids is 3. The van der Waals surface area contributed by atoms with E-state index < -0.39 is 11.9 Å². The third-order valence-electron chi connectivity index (χ3n) is 5.45. The topological polar surface area (TPSA) is 60.4 Å². The minimum atomic E-state index is -0.924. The van der Waals surface area contributed by atoms with Gasteiger partial charge in [0.15, 0.2) is 11.6 Å². The van der Waals surface area contributed by atoms with Gasteiger partial charge in [-0.3, -0.25) is 14.4 Å².